The molecule has 0 aliphatic carbocycles. The molecule has 1 fully saturated rings. The molecule has 100 valence electrons. The predicted octanol–water partition coefficient (Wildman–Crippen LogP) is -0.611. The molecule has 0 saturated carbocycles. The molecule has 2 amide bonds. The molecule has 1 rings (SSSR count). The Morgan fingerprint density at radius 3 is 3.06 bits per heavy atom. The van der Waals surface area contributed by atoms with Gasteiger partial charge in [-0.15, -0.1) is 0 Å². The zero-order chi connectivity index (χ0) is 12.5. The first-order valence-corrected chi connectivity index (χ1v) is 6.15. The number of piperidine rings is 1. The molecule has 0 aromatic carbocycles. The van der Waals surface area contributed by atoms with Crippen molar-refractivity contribution in [3.63, 3.8) is 0 Å². The van der Waals surface area contributed by atoms with E-state index in [1.54, 1.807) is 7.05 Å². The minimum atomic E-state index is -0.117. The molecular formula is C11H23N3O3. The molecule has 1 heterocycles. The Hall–Kier alpha value is -0.850. The molecule has 1 saturated heterocycles. The Kier molecular flexibility index (Phi) is 6.91. The maximum Gasteiger partial charge on any atom is 0.314 e. The van der Waals surface area contributed by atoms with Gasteiger partial charge in [-0.05, 0) is 19.4 Å². The van der Waals surface area contributed by atoms with Crippen LogP contribution in [0.1, 0.15) is 12.8 Å². The first kappa shape index (κ1) is 14.2. The van der Waals surface area contributed by atoms with Crippen LogP contribution in [0.25, 0.3) is 0 Å². The van der Waals surface area contributed by atoms with Gasteiger partial charge in [0.15, 0.2) is 0 Å². The predicted molar refractivity (Wildman–Crippen MR) is 65.0 cm³/mol. The number of nitrogens with one attached hydrogen (secondary N) is 2. The van der Waals surface area contributed by atoms with Crippen molar-refractivity contribution in [1.29, 1.82) is 0 Å². The standard InChI is InChI=1S/C11H23N3O3/c1-12-11(16)13-10-3-2-4-14(9-10)5-7-17-8-6-15/h10,15H,2-9H2,1H3,(H2,12,13,16). The minimum Gasteiger partial charge on any atom is -0.394 e. The second kappa shape index (κ2) is 8.27. The van der Waals surface area contributed by atoms with Crippen molar-refractivity contribution in [2.75, 3.05) is 46.5 Å². The molecule has 3 N–H and O–H groups in total. The van der Waals surface area contributed by atoms with Gasteiger partial charge in [0.1, 0.15) is 0 Å². The highest BCUT2D eigenvalue weighted by Crippen LogP contribution is 2.09. The fraction of sp³-hybridized carbons (Fsp3) is 0.909. The van der Waals surface area contributed by atoms with E-state index >= 15 is 0 Å². The van der Waals surface area contributed by atoms with Crippen LogP contribution >= 0.6 is 0 Å². The molecule has 1 unspecified atom stereocenters. The van der Waals surface area contributed by atoms with E-state index in [2.05, 4.69) is 15.5 Å². The maximum absolute atomic E-state index is 11.2. The number of hydrogen-bond acceptors (Lipinski definition) is 4. The summed E-state index contributed by atoms with van der Waals surface area (Å²) in [6.45, 7) is 3.87. The summed E-state index contributed by atoms with van der Waals surface area (Å²) in [6.07, 6.45) is 2.12. The number of rotatable bonds is 6. The first-order chi connectivity index (χ1) is 8.26. The van der Waals surface area contributed by atoms with Crippen molar-refractivity contribution in [3.8, 4) is 0 Å². The summed E-state index contributed by atoms with van der Waals surface area (Å²) in [7, 11) is 1.62. The number of urea groups is 1. The number of carbonyl (C=O) groups is 1. The van der Waals surface area contributed by atoms with Gasteiger partial charge >= 0.3 is 6.03 Å². The van der Waals surface area contributed by atoms with E-state index in [0.29, 0.717) is 13.2 Å². The van der Waals surface area contributed by atoms with E-state index < -0.39 is 0 Å². The van der Waals surface area contributed by atoms with E-state index in [4.69, 9.17) is 9.84 Å². The van der Waals surface area contributed by atoms with Crippen LogP contribution in [-0.4, -0.2) is 68.6 Å². The summed E-state index contributed by atoms with van der Waals surface area (Å²) in [5.74, 6) is 0. The molecule has 0 bridgehead atoms. The highest BCUT2D eigenvalue weighted by molar-refractivity contribution is 5.73. The van der Waals surface area contributed by atoms with E-state index in [0.717, 1.165) is 32.5 Å². The molecule has 1 atom stereocenters. The van der Waals surface area contributed by atoms with Gasteiger partial charge < -0.3 is 20.5 Å². The largest absolute Gasteiger partial charge is 0.394 e. The third-order valence-electron chi connectivity index (χ3n) is 2.86. The lowest BCUT2D eigenvalue weighted by Crippen LogP contribution is -2.50. The Balaban J connectivity index is 2.17. The molecule has 0 radical (unpaired) electrons. The van der Waals surface area contributed by atoms with Crippen LogP contribution in [0.15, 0.2) is 0 Å². The van der Waals surface area contributed by atoms with E-state index in [9.17, 15) is 4.79 Å². The number of nitrogens with zero attached hydrogens (tertiary/aromatic N) is 1. The molecule has 0 aromatic heterocycles. The lowest BCUT2D eigenvalue weighted by Gasteiger charge is -2.32. The Labute approximate surface area is 102 Å². The average Bonchev–Trinajstić information content (AvgIpc) is 2.35. The number of amides is 2. The van der Waals surface area contributed by atoms with Crippen LogP contribution in [-0.2, 0) is 4.74 Å². The number of hydrogen-bond donors (Lipinski definition) is 3. The van der Waals surface area contributed by atoms with Gasteiger partial charge in [-0.2, -0.15) is 0 Å². The topological polar surface area (TPSA) is 73.8 Å². The van der Waals surface area contributed by atoms with Gasteiger partial charge in [0.25, 0.3) is 0 Å². The van der Waals surface area contributed by atoms with Crippen molar-refractivity contribution < 1.29 is 14.6 Å². The molecule has 6 heteroatoms. The van der Waals surface area contributed by atoms with Crippen molar-refractivity contribution in [2.24, 2.45) is 0 Å². The van der Waals surface area contributed by atoms with Crippen LogP contribution in [0.2, 0.25) is 0 Å². The van der Waals surface area contributed by atoms with E-state index in [1.807, 2.05) is 0 Å². The first-order valence-electron chi connectivity index (χ1n) is 6.15. The molecule has 0 spiro atoms. The fourth-order valence-electron chi connectivity index (χ4n) is 1.99. The summed E-state index contributed by atoms with van der Waals surface area (Å²) < 4.78 is 5.23. The van der Waals surface area contributed by atoms with Crippen molar-refractivity contribution in [3.05, 3.63) is 0 Å². The SMILES string of the molecule is CNC(=O)NC1CCCN(CCOCCO)C1. The molecule has 0 aromatic rings. The quantitative estimate of drug-likeness (QED) is 0.546. The maximum atomic E-state index is 11.2. The Morgan fingerprint density at radius 1 is 1.53 bits per heavy atom. The number of aliphatic hydroxyl groups excluding tert-OH is 1. The molecule has 1 aliphatic heterocycles. The minimum absolute atomic E-state index is 0.0703. The van der Waals surface area contributed by atoms with Crippen molar-refractivity contribution >= 4 is 6.03 Å². The Morgan fingerprint density at radius 2 is 2.35 bits per heavy atom. The normalized spacial score (nSPS) is 21.2. The van der Waals surface area contributed by atoms with Gasteiger partial charge in [0, 0.05) is 26.2 Å². The van der Waals surface area contributed by atoms with Gasteiger partial charge in [0.2, 0.25) is 0 Å². The van der Waals surface area contributed by atoms with Crippen molar-refractivity contribution in [2.45, 2.75) is 18.9 Å². The zero-order valence-electron chi connectivity index (χ0n) is 10.4. The van der Waals surface area contributed by atoms with Gasteiger partial charge in [0.05, 0.1) is 19.8 Å². The van der Waals surface area contributed by atoms with Gasteiger partial charge in [-0.1, -0.05) is 0 Å². The second-order valence-corrected chi connectivity index (χ2v) is 4.20. The number of aliphatic hydroxyl groups is 1. The summed E-state index contributed by atoms with van der Waals surface area (Å²) in [5.41, 5.74) is 0. The van der Waals surface area contributed by atoms with Crippen LogP contribution in [0, 0.1) is 0 Å². The van der Waals surface area contributed by atoms with E-state index in [-0.39, 0.29) is 18.7 Å². The molecular weight excluding hydrogens is 222 g/mol. The van der Waals surface area contributed by atoms with Crippen LogP contribution in [0.3, 0.4) is 0 Å². The van der Waals surface area contributed by atoms with Crippen molar-refractivity contribution in [1.82, 2.24) is 15.5 Å². The lowest BCUT2D eigenvalue weighted by molar-refractivity contribution is 0.0661. The molecule has 6 nitrogen and oxygen atoms in total. The molecule has 1 aliphatic rings. The highest BCUT2D eigenvalue weighted by Gasteiger charge is 2.20. The summed E-state index contributed by atoms with van der Waals surface area (Å²) in [6, 6.07) is 0.106. The number of carbonyl (C=O) groups excluding carboxylic acids is 1. The fourth-order valence-corrected chi connectivity index (χ4v) is 1.99. The average molecular weight is 245 g/mol. The highest BCUT2D eigenvalue weighted by atomic mass is 16.5. The lowest BCUT2D eigenvalue weighted by atomic mass is 10.1. The number of likely N-dealkylation sites (tertiary alicyclic amines) is 1. The van der Waals surface area contributed by atoms with E-state index in [1.165, 1.54) is 0 Å². The van der Waals surface area contributed by atoms with Crippen LogP contribution in [0.5, 0.6) is 0 Å². The van der Waals surface area contributed by atoms with Crippen LogP contribution in [0.4, 0.5) is 4.79 Å². The summed E-state index contributed by atoms with van der Waals surface area (Å²) in [4.78, 5) is 13.5. The smallest absolute Gasteiger partial charge is 0.314 e. The van der Waals surface area contributed by atoms with Crippen LogP contribution < -0.4 is 10.6 Å². The number of ether oxygens (including phenoxy) is 1. The third kappa shape index (κ3) is 5.86. The second-order valence-electron chi connectivity index (χ2n) is 4.20. The third-order valence-corrected chi connectivity index (χ3v) is 2.86. The summed E-state index contributed by atoms with van der Waals surface area (Å²) in [5, 5.41) is 14.1. The monoisotopic (exact) mass is 245 g/mol. The van der Waals surface area contributed by atoms with Gasteiger partial charge in [-0.3, -0.25) is 4.90 Å². The molecule has 17 heavy (non-hydrogen) atoms. The zero-order valence-corrected chi connectivity index (χ0v) is 10.4. The van der Waals surface area contributed by atoms with Gasteiger partial charge in [-0.25, -0.2) is 4.79 Å². The Bertz CT molecular complexity index is 226. The summed E-state index contributed by atoms with van der Waals surface area (Å²) >= 11 is 0.